The van der Waals surface area contributed by atoms with Gasteiger partial charge in [-0.25, -0.2) is 13.2 Å². The van der Waals surface area contributed by atoms with Gasteiger partial charge >= 0.3 is 5.97 Å². The second-order valence-electron chi connectivity index (χ2n) is 6.29. The number of rotatable bonds is 8. The fourth-order valence-electron chi connectivity index (χ4n) is 2.08. The number of anilines is 1. The van der Waals surface area contributed by atoms with Crippen molar-refractivity contribution in [1.29, 1.82) is 0 Å². The smallest absolute Gasteiger partial charge is 0.371 e. The molecule has 0 aliphatic heterocycles. The predicted octanol–water partition coefficient (Wildman–Crippen LogP) is 2.49. The van der Waals surface area contributed by atoms with E-state index in [2.05, 4.69) is 4.72 Å². The molecular weight excluding hydrogens is 362 g/mol. The van der Waals surface area contributed by atoms with Gasteiger partial charge in [-0.1, -0.05) is 6.92 Å². The molecule has 0 unspecified atom stereocenters. The van der Waals surface area contributed by atoms with Crippen molar-refractivity contribution in [3.05, 3.63) is 41.9 Å². The Bertz CT molecular complexity index is 877. The van der Waals surface area contributed by atoms with Crippen LogP contribution in [0.25, 0.3) is 0 Å². The van der Waals surface area contributed by atoms with Gasteiger partial charge < -0.3 is 19.4 Å². The van der Waals surface area contributed by atoms with Crippen LogP contribution in [0.3, 0.4) is 0 Å². The summed E-state index contributed by atoms with van der Waals surface area (Å²) in [5.74, 6) is -1.23. The zero-order chi connectivity index (χ0) is 19.5. The first-order chi connectivity index (χ1) is 12.0. The first-order valence-electron chi connectivity index (χ1n) is 7.86. The van der Waals surface area contributed by atoms with Crippen LogP contribution in [-0.4, -0.2) is 36.8 Å². The number of furan rings is 1. The number of benzene rings is 1. The summed E-state index contributed by atoms with van der Waals surface area (Å²) in [5.41, 5.74) is -0.708. The molecular formula is C17H21NO7S. The van der Waals surface area contributed by atoms with Gasteiger partial charge in [-0.3, -0.25) is 4.72 Å². The first-order valence-corrected chi connectivity index (χ1v) is 9.34. The van der Waals surface area contributed by atoms with Crippen LogP contribution in [0.2, 0.25) is 0 Å². The monoisotopic (exact) mass is 383 g/mol. The maximum absolute atomic E-state index is 12.5. The van der Waals surface area contributed by atoms with Crippen molar-refractivity contribution in [2.24, 2.45) is 0 Å². The molecule has 9 heteroatoms. The molecule has 0 saturated heterocycles. The molecule has 0 saturated carbocycles. The number of hydrogen-bond acceptors (Lipinski definition) is 6. The van der Waals surface area contributed by atoms with Gasteiger partial charge in [0.1, 0.15) is 23.0 Å². The standard InChI is InChI=1S/C17H21NO7S/c1-4-13-15(9-14(25-13)16(19)20)26(22,23)18-11-5-7-12(8-6-11)24-10-17(2,3)21/h5-9,18,21H,4,10H2,1-3H3,(H,19,20). The third-order valence-electron chi connectivity index (χ3n) is 3.29. The Hall–Kier alpha value is -2.52. The molecule has 0 amide bonds. The van der Waals surface area contributed by atoms with E-state index in [1.807, 2.05) is 0 Å². The Balaban J connectivity index is 2.18. The summed E-state index contributed by atoms with van der Waals surface area (Å²) in [4.78, 5) is 10.8. The van der Waals surface area contributed by atoms with Crippen LogP contribution in [0.1, 0.15) is 37.1 Å². The van der Waals surface area contributed by atoms with Crippen molar-refractivity contribution in [2.75, 3.05) is 11.3 Å². The molecule has 142 valence electrons. The normalized spacial score (nSPS) is 12.0. The van der Waals surface area contributed by atoms with Crippen molar-refractivity contribution in [2.45, 2.75) is 37.7 Å². The van der Waals surface area contributed by atoms with Crippen LogP contribution in [0.4, 0.5) is 5.69 Å². The number of sulfonamides is 1. The van der Waals surface area contributed by atoms with Crippen molar-refractivity contribution >= 4 is 21.7 Å². The van der Waals surface area contributed by atoms with Gasteiger partial charge in [0.2, 0.25) is 5.76 Å². The summed E-state index contributed by atoms with van der Waals surface area (Å²) in [6.07, 6.45) is 0.229. The number of aromatic carboxylic acids is 1. The van der Waals surface area contributed by atoms with Gasteiger partial charge in [-0.15, -0.1) is 0 Å². The molecule has 0 radical (unpaired) electrons. The summed E-state index contributed by atoms with van der Waals surface area (Å²) in [6, 6.07) is 7.11. The first kappa shape index (κ1) is 19.8. The van der Waals surface area contributed by atoms with Crippen LogP contribution in [0, 0.1) is 0 Å². The molecule has 0 fully saturated rings. The van der Waals surface area contributed by atoms with Crippen molar-refractivity contribution < 1.29 is 32.6 Å². The average molecular weight is 383 g/mol. The molecule has 2 rings (SSSR count). The molecule has 1 aromatic carbocycles. The van der Waals surface area contributed by atoms with E-state index in [0.717, 1.165) is 6.07 Å². The molecule has 2 aromatic rings. The largest absolute Gasteiger partial charge is 0.491 e. The molecule has 8 nitrogen and oxygen atoms in total. The Labute approximate surface area is 151 Å². The van der Waals surface area contributed by atoms with Crippen molar-refractivity contribution in [3.8, 4) is 5.75 Å². The van der Waals surface area contributed by atoms with Crippen LogP contribution < -0.4 is 9.46 Å². The van der Waals surface area contributed by atoms with E-state index in [0.29, 0.717) is 5.75 Å². The molecule has 0 spiro atoms. The number of carboxylic acid groups (broad SMARTS) is 1. The molecule has 0 atom stereocenters. The third kappa shape index (κ3) is 4.99. The topological polar surface area (TPSA) is 126 Å². The lowest BCUT2D eigenvalue weighted by atomic mass is 10.2. The van der Waals surface area contributed by atoms with Gasteiger partial charge in [0, 0.05) is 18.2 Å². The Morgan fingerprint density at radius 3 is 2.38 bits per heavy atom. The average Bonchev–Trinajstić information content (AvgIpc) is 2.99. The second-order valence-corrected chi connectivity index (χ2v) is 7.94. The Morgan fingerprint density at radius 1 is 1.27 bits per heavy atom. The zero-order valence-electron chi connectivity index (χ0n) is 14.6. The van der Waals surface area contributed by atoms with Gasteiger partial charge in [0.25, 0.3) is 10.0 Å². The summed E-state index contributed by atoms with van der Waals surface area (Å²) < 4.78 is 37.9. The molecule has 3 N–H and O–H groups in total. The van der Waals surface area contributed by atoms with E-state index in [4.69, 9.17) is 14.3 Å². The van der Waals surface area contributed by atoms with E-state index >= 15 is 0 Å². The number of carboxylic acids is 1. The van der Waals surface area contributed by atoms with Crippen LogP contribution in [0.15, 0.2) is 39.6 Å². The summed E-state index contributed by atoms with van der Waals surface area (Å²) in [6.45, 7) is 4.97. The highest BCUT2D eigenvalue weighted by atomic mass is 32.2. The summed E-state index contributed by atoms with van der Waals surface area (Å²) >= 11 is 0. The van der Waals surface area contributed by atoms with Gasteiger partial charge in [0.15, 0.2) is 0 Å². The molecule has 0 bridgehead atoms. The highest BCUT2D eigenvalue weighted by Gasteiger charge is 2.25. The minimum absolute atomic E-state index is 0.0695. The molecule has 1 heterocycles. The number of ether oxygens (including phenoxy) is 1. The Kier molecular flexibility index (Phi) is 5.62. The van der Waals surface area contributed by atoms with E-state index in [1.165, 1.54) is 12.1 Å². The number of carbonyl (C=O) groups is 1. The van der Waals surface area contributed by atoms with Gasteiger partial charge in [0.05, 0.1) is 5.60 Å². The molecule has 1 aromatic heterocycles. The fourth-order valence-corrected chi connectivity index (χ4v) is 3.38. The summed E-state index contributed by atoms with van der Waals surface area (Å²) in [5, 5.41) is 18.6. The fraction of sp³-hybridized carbons (Fsp3) is 0.353. The predicted molar refractivity (Wildman–Crippen MR) is 94.1 cm³/mol. The van der Waals surface area contributed by atoms with Crippen LogP contribution >= 0.6 is 0 Å². The molecule has 0 aliphatic carbocycles. The highest BCUT2D eigenvalue weighted by Crippen LogP contribution is 2.25. The van der Waals surface area contributed by atoms with E-state index in [-0.39, 0.29) is 29.4 Å². The highest BCUT2D eigenvalue weighted by molar-refractivity contribution is 7.92. The minimum atomic E-state index is -4.01. The van der Waals surface area contributed by atoms with E-state index < -0.39 is 27.4 Å². The zero-order valence-corrected chi connectivity index (χ0v) is 15.5. The maximum Gasteiger partial charge on any atom is 0.371 e. The number of hydrogen-bond donors (Lipinski definition) is 3. The number of nitrogens with one attached hydrogen (secondary N) is 1. The third-order valence-corrected chi connectivity index (χ3v) is 4.72. The Morgan fingerprint density at radius 2 is 1.88 bits per heavy atom. The maximum atomic E-state index is 12.5. The quantitative estimate of drug-likeness (QED) is 0.639. The molecule has 26 heavy (non-hydrogen) atoms. The lowest BCUT2D eigenvalue weighted by Gasteiger charge is -2.17. The molecule has 0 aliphatic rings. The van der Waals surface area contributed by atoms with Crippen LogP contribution in [-0.2, 0) is 16.4 Å². The minimum Gasteiger partial charge on any atom is -0.491 e. The SMILES string of the molecule is CCc1oc(C(=O)O)cc1S(=O)(=O)Nc1ccc(OCC(C)(C)O)cc1. The van der Waals surface area contributed by atoms with E-state index in [9.17, 15) is 18.3 Å². The number of aryl methyl sites for hydroxylation is 1. The summed E-state index contributed by atoms with van der Waals surface area (Å²) in [7, 11) is -4.01. The van der Waals surface area contributed by atoms with Crippen LogP contribution in [0.5, 0.6) is 5.75 Å². The second kappa shape index (κ2) is 7.38. The van der Waals surface area contributed by atoms with Gasteiger partial charge in [-0.2, -0.15) is 0 Å². The van der Waals surface area contributed by atoms with E-state index in [1.54, 1.807) is 32.9 Å². The lowest BCUT2D eigenvalue weighted by molar-refractivity contribution is 0.0285. The number of aliphatic hydroxyl groups is 1. The van der Waals surface area contributed by atoms with Crippen molar-refractivity contribution in [3.63, 3.8) is 0 Å². The van der Waals surface area contributed by atoms with Gasteiger partial charge in [-0.05, 0) is 38.1 Å². The van der Waals surface area contributed by atoms with Crippen molar-refractivity contribution in [1.82, 2.24) is 0 Å². The lowest BCUT2D eigenvalue weighted by Crippen LogP contribution is -2.27.